The zero-order valence-corrected chi connectivity index (χ0v) is 35.8. The molecule has 2 unspecified atom stereocenters. The van der Waals surface area contributed by atoms with Crippen molar-refractivity contribution in [2.45, 2.75) is 56.4 Å². The number of rotatable bonds is 20. The number of nitrogens with zero attached hydrogens (tertiary/aromatic N) is 1. The van der Waals surface area contributed by atoms with Crippen molar-refractivity contribution in [3.05, 3.63) is 185 Å². The van der Waals surface area contributed by atoms with Crippen LogP contribution in [0.5, 0.6) is 17.2 Å². The second kappa shape index (κ2) is 20.9. The van der Waals surface area contributed by atoms with Crippen molar-refractivity contribution in [2.24, 2.45) is 11.5 Å². The number of hydrazine groups is 1. The van der Waals surface area contributed by atoms with E-state index in [0.29, 0.717) is 29.2 Å². The number of Topliss-reactive ketones (excluding diaryl/α,β-unsaturated/α-hetero) is 1. The molecule has 324 valence electrons. The van der Waals surface area contributed by atoms with Gasteiger partial charge in [0.05, 0.1) is 44.3 Å². The summed E-state index contributed by atoms with van der Waals surface area (Å²) in [6.45, 7) is 1.72. The van der Waals surface area contributed by atoms with E-state index in [9.17, 15) is 14.4 Å². The molecule has 11 heteroatoms. The average Bonchev–Trinajstić information content (AvgIpc) is 3.66. The Balaban J connectivity index is 1.13. The van der Waals surface area contributed by atoms with Crippen molar-refractivity contribution in [3.63, 3.8) is 0 Å². The molecule has 6 aromatic carbocycles. The monoisotopic (exact) mass is 846 g/mol. The molecule has 63 heavy (non-hydrogen) atoms. The van der Waals surface area contributed by atoms with Gasteiger partial charge in [-0.05, 0) is 76.2 Å². The van der Waals surface area contributed by atoms with Gasteiger partial charge < -0.3 is 30.4 Å². The molecule has 11 nitrogen and oxygen atoms in total. The fourth-order valence-electron chi connectivity index (χ4n) is 8.21. The number of benzene rings is 6. The van der Waals surface area contributed by atoms with Gasteiger partial charge in [0, 0.05) is 18.2 Å². The molecule has 0 radical (unpaired) electrons. The number of fused-ring (bicyclic) bond motifs is 3. The van der Waals surface area contributed by atoms with Gasteiger partial charge in [-0.1, -0.05) is 129 Å². The number of unbranched alkanes of at least 4 members (excludes halogenated alkanes) is 1. The van der Waals surface area contributed by atoms with Gasteiger partial charge in [-0.3, -0.25) is 15.0 Å². The van der Waals surface area contributed by atoms with Crippen molar-refractivity contribution in [3.8, 4) is 28.4 Å². The fourth-order valence-corrected chi connectivity index (χ4v) is 8.21. The lowest BCUT2D eigenvalue weighted by Crippen LogP contribution is -2.54. The number of esters is 1. The van der Waals surface area contributed by atoms with Crippen molar-refractivity contribution < 1.29 is 33.3 Å². The standard InChI is InChI=1S/C52H54N4O7/c1-4-5-24-44(54)45(57)33-56(49(34-16-8-6-9-17-34)35-18-10-7-11-19-35)55-51(58)47(32-53)62-37-27-25-36(26-28-37)52(59)63-50(43-30-29-38(60-2)31-46(43)61-3)48-41-22-14-12-20-39(41)40-21-13-15-23-42(40)48/h6-23,25-31,44,47-50H,4-5,24,32-33,53-54H2,1-3H3,(H,55,58)/t44-,47?,50?/m0/s1. The second-order valence-electron chi connectivity index (χ2n) is 15.5. The smallest absolute Gasteiger partial charge is 0.338 e. The molecule has 1 aliphatic carbocycles. The molecular formula is C52H54N4O7. The number of carbonyl (C=O) groups is 3. The first-order valence-corrected chi connectivity index (χ1v) is 21.3. The molecule has 0 spiro atoms. The molecule has 0 heterocycles. The highest BCUT2D eigenvalue weighted by molar-refractivity contribution is 5.90. The van der Waals surface area contributed by atoms with Gasteiger partial charge in [-0.2, -0.15) is 0 Å². The maximum absolute atomic E-state index is 14.2. The van der Waals surface area contributed by atoms with E-state index in [2.05, 4.69) is 29.7 Å². The summed E-state index contributed by atoms with van der Waals surface area (Å²) in [7, 11) is 3.16. The van der Waals surface area contributed by atoms with Crippen LogP contribution in [0.25, 0.3) is 11.1 Å². The highest BCUT2D eigenvalue weighted by Crippen LogP contribution is 2.53. The molecule has 5 N–H and O–H groups in total. The van der Waals surface area contributed by atoms with Crippen LogP contribution >= 0.6 is 0 Å². The Morgan fingerprint density at radius 1 is 0.714 bits per heavy atom. The normalized spacial score (nSPS) is 13.4. The van der Waals surface area contributed by atoms with Crippen LogP contribution in [0.4, 0.5) is 0 Å². The third-order valence-corrected chi connectivity index (χ3v) is 11.4. The van der Waals surface area contributed by atoms with Crippen molar-refractivity contribution >= 4 is 17.7 Å². The summed E-state index contributed by atoms with van der Waals surface area (Å²) in [6.07, 6.45) is 0.308. The van der Waals surface area contributed by atoms with E-state index in [1.807, 2.05) is 104 Å². The molecule has 1 aliphatic rings. The molecule has 0 fully saturated rings. The number of ether oxygens (including phenoxy) is 4. The molecule has 3 atom stereocenters. The number of ketones is 1. The molecule has 6 aromatic rings. The van der Waals surface area contributed by atoms with Gasteiger partial charge in [-0.25, -0.2) is 9.80 Å². The van der Waals surface area contributed by atoms with Gasteiger partial charge in [0.25, 0.3) is 5.91 Å². The lowest BCUT2D eigenvalue weighted by molar-refractivity contribution is -0.135. The number of carbonyl (C=O) groups excluding carboxylic acids is 3. The fraction of sp³-hybridized carbons (Fsp3) is 0.250. The van der Waals surface area contributed by atoms with E-state index in [1.165, 1.54) is 0 Å². The number of amides is 1. The highest BCUT2D eigenvalue weighted by Gasteiger charge is 2.39. The summed E-state index contributed by atoms with van der Waals surface area (Å²) in [6, 6.07) is 46.2. The van der Waals surface area contributed by atoms with Gasteiger partial charge in [0.15, 0.2) is 11.9 Å². The minimum atomic E-state index is -1.16. The summed E-state index contributed by atoms with van der Waals surface area (Å²) in [5.41, 5.74) is 22.4. The summed E-state index contributed by atoms with van der Waals surface area (Å²) in [5, 5.41) is 1.61. The Morgan fingerprint density at radius 3 is 1.84 bits per heavy atom. The molecule has 7 rings (SSSR count). The van der Waals surface area contributed by atoms with Crippen molar-refractivity contribution in [2.75, 3.05) is 27.3 Å². The Bertz CT molecular complexity index is 2400. The minimum absolute atomic E-state index is 0.152. The van der Waals surface area contributed by atoms with Gasteiger partial charge >= 0.3 is 5.97 Å². The molecular weight excluding hydrogens is 793 g/mol. The summed E-state index contributed by atoms with van der Waals surface area (Å²) >= 11 is 0. The van der Waals surface area contributed by atoms with Crippen molar-refractivity contribution in [1.29, 1.82) is 0 Å². The lowest BCUT2D eigenvalue weighted by Gasteiger charge is -2.34. The number of nitrogens with two attached hydrogens (primary N) is 2. The lowest BCUT2D eigenvalue weighted by atomic mass is 9.86. The van der Waals surface area contributed by atoms with E-state index in [0.717, 1.165) is 46.2 Å². The zero-order chi connectivity index (χ0) is 44.3. The first-order chi connectivity index (χ1) is 30.7. The summed E-state index contributed by atoms with van der Waals surface area (Å²) in [5.74, 6) is -0.234. The largest absolute Gasteiger partial charge is 0.497 e. The highest BCUT2D eigenvalue weighted by atomic mass is 16.5. The average molecular weight is 847 g/mol. The van der Waals surface area contributed by atoms with E-state index >= 15 is 0 Å². The first kappa shape index (κ1) is 44.3. The van der Waals surface area contributed by atoms with Crippen LogP contribution in [0.3, 0.4) is 0 Å². The van der Waals surface area contributed by atoms with Crippen molar-refractivity contribution in [1.82, 2.24) is 10.4 Å². The Morgan fingerprint density at radius 2 is 1.29 bits per heavy atom. The molecule has 1 amide bonds. The number of methoxy groups -OCH3 is 2. The molecule has 0 saturated carbocycles. The third-order valence-electron chi connectivity index (χ3n) is 11.4. The number of hydrogen-bond acceptors (Lipinski definition) is 10. The maximum Gasteiger partial charge on any atom is 0.338 e. The third kappa shape index (κ3) is 10.1. The van der Waals surface area contributed by atoms with E-state index in [-0.39, 0.29) is 30.4 Å². The predicted molar refractivity (Wildman–Crippen MR) is 243 cm³/mol. The van der Waals surface area contributed by atoms with Crippen LogP contribution < -0.4 is 31.1 Å². The molecule has 0 bridgehead atoms. The van der Waals surface area contributed by atoms with Crippen LogP contribution in [0, 0.1) is 0 Å². The van der Waals surface area contributed by atoms with Crippen LogP contribution in [0.2, 0.25) is 0 Å². The van der Waals surface area contributed by atoms with E-state index < -0.39 is 36.2 Å². The second-order valence-corrected chi connectivity index (χ2v) is 15.5. The molecule has 0 aliphatic heterocycles. The van der Waals surface area contributed by atoms with Crippen LogP contribution in [0.15, 0.2) is 152 Å². The van der Waals surface area contributed by atoms with Gasteiger partial charge in [0.1, 0.15) is 23.4 Å². The predicted octanol–water partition coefficient (Wildman–Crippen LogP) is 8.33. The Labute approximate surface area is 368 Å². The van der Waals surface area contributed by atoms with Gasteiger partial charge in [0.2, 0.25) is 0 Å². The SMILES string of the molecule is CCCC[C@H](N)C(=O)CN(NC(=O)C(CN)Oc1ccc(C(=O)OC(c2ccc(OC)cc2OC)C2c3ccccc3-c3ccccc32)cc1)C(c1ccccc1)c1ccccc1. The molecule has 0 saturated heterocycles. The van der Waals surface area contributed by atoms with Crippen LogP contribution in [-0.2, 0) is 14.3 Å². The summed E-state index contributed by atoms with van der Waals surface area (Å²) < 4.78 is 24.0. The number of hydrogen-bond donors (Lipinski definition) is 3. The zero-order valence-electron chi connectivity index (χ0n) is 35.8. The topological polar surface area (TPSA) is 155 Å². The maximum atomic E-state index is 14.2. The van der Waals surface area contributed by atoms with E-state index in [4.69, 9.17) is 30.4 Å². The molecule has 0 aromatic heterocycles. The Hall–Kier alpha value is -6.79. The first-order valence-electron chi connectivity index (χ1n) is 21.3. The van der Waals surface area contributed by atoms with Crippen LogP contribution in [0.1, 0.15) is 82.4 Å². The van der Waals surface area contributed by atoms with Crippen LogP contribution in [-0.4, -0.2) is 62.1 Å². The van der Waals surface area contributed by atoms with Gasteiger partial charge in [-0.15, -0.1) is 0 Å². The number of nitrogens with one attached hydrogen (secondary N) is 1. The minimum Gasteiger partial charge on any atom is -0.497 e. The quantitative estimate of drug-likeness (QED) is 0.0505. The summed E-state index contributed by atoms with van der Waals surface area (Å²) in [4.78, 5) is 41.9. The Kier molecular flexibility index (Phi) is 14.7. The van der Waals surface area contributed by atoms with E-state index in [1.54, 1.807) is 49.6 Å².